The van der Waals surface area contributed by atoms with Gasteiger partial charge >= 0.3 is 0 Å². The highest BCUT2D eigenvalue weighted by Gasteiger charge is 2.35. The summed E-state index contributed by atoms with van der Waals surface area (Å²) in [4.78, 5) is 19.3. The molecule has 3 heterocycles. The molecule has 208 valence electrons. The summed E-state index contributed by atoms with van der Waals surface area (Å²) >= 11 is 0. The number of rotatable bonds is 3. The van der Waals surface area contributed by atoms with Crippen LogP contribution in [0.15, 0.2) is 145 Å². The van der Waals surface area contributed by atoms with Crippen LogP contribution in [0.25, 0.3) is 32.8 Å². The molecule has 6 nitrogen and oxygen atoms in total. The number of aromatic nitrogens is 2. The standard InChI is InChI=1S/C38H26N6/c1-3-14-27-25(11-1)13-9-15-28(27)29-16-10-18-32-30(29)24-40-38(42-32)44-35-21-7-5-19-33(35)43(34-20-6-8-22-36(34)44)37-39-23-26-12-2-4-17-31(26)41-37/h1-24,38,42H. The van der Waals surface area contributed by atoms with Crippen molar-refractivity contribution in [1.29, 1.82) is 0 Å². The topological polar surface area (TPSA) is 56.7 Å². The van der Waals surface area contributed by atoms with Crippen LogP contribution in [0.1, 0.15) is 5.56 Å². The molecule has 0 bridgehead atoms. The zero-order valence-corrected chi connectivity index (χ0v) is 23.7. The minimum atomic E-state index is -0.354. The Bertz CT molecular complexity index is 2200. The third-order valence-electron chi connectivity index (χ3n) is 8.50. The van der Waals surface area contributed by atoms with Crippen molar-refractivity contribution >= 4 is 62.3 Å². The van der Waals surface area contributed by atoms with E-state index in [9.17, 15) is 0 Å². The van der Waals surface area contributed by atoms with Gasteiger partial charge in [0.15, 0.2) is 0 Å². The fourth-order valence-electron chi connectivity index (χ4n) is 6.50. The number of hydrogen-bond donors (Lipinski definition) is 1. The first-order valence-electron chi connectivity index (χ1n) is 14.7. The third kappa shape index (κ3) is 3.78. The molecule has 1 aromatic heterocycles. The zero-order chi connectivity index (χ0) is 29.0. The molecular weight excluding hydrogens is 540 g/mol. The van der Waals surface area contributed by atoms with E-state index in [1.165, 1.54) is 16.3 Å². The second-order valence-electron chi connectivity index (χ2n) is 11.0. The maximum absolute atomic E-state index is 5.14. The molecule has 0 aliphatic carbocycles. The molecule has 0 saturated heterocycles. The zero-order valence-electron chi connectivity index (χ0n) is 23.7. The van der Waals surface area contributed by atoms with Crippen molar-refractivity contribution < 1.29 is 0 Å². The van der Waals surface area contributed by atoms with Gasteiger partial charge in [0.05, 0.1) is 28.3 Å². The van der Waals surface area contributed by atoms with Crippen molar-refractivity contribution in [1.82, 2.24) is 9.97 Å². The summed E-state index contributed by atoms with van der Waals surface area (Å²) in [5, 5.41) is 7.23. The molecule has 1 unspecified atom stereocenters. The molecule has 0 amide bonds. The first-order valence-corrected chi connectivity index (χ1v) is 14.7. The molecule has 1 atom stereocenters. The second kappa shape index (κ2) is 9.78. The number of anilines is 6. The number of nitrogens with one attached hydrogen (secondary N) is 1. The van der Waals surface area contributed by atoms with Crippen molar-refractivity contribution in [2.45, 2.75) is 6.29 Å². The van der Waals surface area contributed by atoms with Gasteiger partial charge in [0, 0.05) is 29.0 Å². The van der Waals surface area contributed by atoms with Gasteiger partial charge in [0.1, 0.15) is 0 Å². The Morgan fingerprint density at radius 1 is 0.568 bits per heavy atom. The average molecular weight is 567 g/mol. The monoisotopic (exact) mass is 566 g/mol. The molecular formula is C38H26N6. The van der Waals surface area contributed by atoms with E-state index in [0.29, 0.717) is 5.95 Å². The molecule has 0 spiro atoms. The number of fused-ring (bicyclic) bond motifs is 5. The normalized spacial score (nSPS) is 15.0. The highest BCUT2D eigenvalue weighted by molar-refractivity contribution is 6.06. The minimum absolute atomic E-state index is 0.354. The molecule has 6 aromatic carbocycles. The van der Waals surface area contributed by atoms with E-state index in [-0.39, 0.29) is 6.29 Å². The van der Waals surface area contributed by atoms with Crippen LogP contribution in [0.3, 0.4) is 0 Å². The van der Waals surface area contributed by atoms with Gasteiger partial charge in [-0.3, -0.25) is 9.80 Å². The summed E-state index contributed by atoms with van der Waals surface area (Å²) in [6, 6.07) is 46.3. The molecule has 0 radical (unpaired) electrons. The van der Waals surface area contributed by atoms with Gasteiger partial charge in [-0.25, -0.2) is 15.0 Å². The van der Waals surface area contributed by atoms with Gasteiger partial charge in [-0.1, -0.05) is 97.1 Å². The number of hydrogen-bond acceptors (Lipinski definition) is 6. The molecule has 0 saturated carbocycles. The number of benzene rings is 6. The number of nitrogens with zero attached hydrogens (tertiary/aromatic N) is 5. The Morgan fingerprint density at radius 2 is 1.20 bits per heavy atom. The lowest BCUT2D eigenvalue weighted by atomic mass is 9.93. The molecule has 2 aliphatic rings. The van der Waals surface area contributed by atoms with E-state index in [2.05, 4.69) is 124 Å². The van der Waals surface area contributed by atoms with Crippen LogP contribution in [-0.2, 0) is 0 Å². The summed E-state index contributed by atoms with van der Waals surface area (Å²) in [6.07, 6.45) is 3.57. The first kappa shape index (κ1) is 24.6. The highest BCUT2D eigenvalue weighted by Crippen LogP contribution is 2.51. The van der Waals surface area contributed by atoms with Crippen molar-refractivity contribution in [2.24, 2.45) is 4.99 Å². The van der Waals surface area contributed by atoms with Crippen molar-refractivity contribution in [3.63, 3.8) is 0 Å². The molecule has 7 aromatic rings. The summed E-state index contributed by atoms with van der Waals surface area (Å²) in [5.41, 5.74) is 9.43. The number of aliphatic imine (C=N–C) groups is 1. The summed E-state index contributed by atoms with van der Waals surface area (Å²) in [5.74, 6) is 0.633. The molecule has 44 heavy (non-hydrogen) atoms. The SMILES string of the molecule is C1=NC(N2c3ccccc3N(c3ncc4ccccc4n3)c3ccccc32)Nc2cccc(-c3cccc4ccccc34)c21. The predicted molar refractivity (Wildman–Crippen MR) is 181 cm³/mol. The quantitative estimate of drug-likeness (QED) is 0.231. The lowest BCUT2D eigenvalue weighted by Gasteiger charge is -2.42. The number of para-hydroxylation sites is 5. The van der Waals surface area contributed by atoms with E-state index in [0.717, 1.165) is 50.5 Å². The summed E-state index contributed by atoms with van der Waals surface area (Å²) < 4.78 is 0. The van der Waals surface area contributed by atoms with Crippen LogP contribution in [-0.4, -0.2) is 22.5 Å². The van der Waals surface area contributed by atoms with E-state index >= 15 is 0 Å². The van der Waals surface area contributed by atoms with E-state index < -0.39 is 0 Å². The Hall–Kier alpha value is -6.01. The molecule has 0 fully saturated rings. The van der Waals surface area contributed by atoms with Crippen LogP contribution in [0.5, 0.6) is 0 Å². The Morgan fingerprint density at radius 3 is 2.02 bits per heavy atom. The van der Waals surface area contributed by atoms with E-state index in [1.807, 2.05) is 36.7 Å². The van der Waals surface area contributed by atoms with Gasteiger partial charge < -0.3 is 5.32 Å². The fraction of sp³-hybridized carbons (Fsp3) is 0.0263. The van der Waals surface area contributed by atoms with Gasteiger partial charge in [-0.05, 0) is 58.3 Å². The Kier molecular flexibility index (Phi) is 5.46. The van der Waals surface area contributed by atoms with Crippen molar-refractivity contribution in [3.8, 4) is 11.1 Å². The smallest absolute Gasteiger partial charge is 0.235 e. The van der Waals surface area contributed by atoms with Crippen LogP contribution >= 0.6 is 0 Å². The maximum Gasteiger partial charge on any atom is 0.235 e. The summed E-state index contributed by atoms with van der Waals surface area (Å²) in [6.45, 7) is 0. The van der Waals surface area contributed by atoms with E-state index in [1.54, 1.807) is 0 Å². The first-order chi connectivity index (χ1) is 21.8. The summed E-state index contributed by atoms with van der Waals surface area (Å²) in [7, 11) is 0. The van der Waals surface area contributed by atoms with Gasteiger partial charge in [-0.15, -0.1) is 0 Å². The van der Waals surface area contributed by atoms with Crippen LogP contribution in [0, 0.1) is 0 Å². The molecule has 2 aliphatic heterocycles. The molecule has 1 N–H and O–H groups in total. The van der Waals surface area contributed by atoms with Crippen LogP contribution in [0.4, 0.5) is 34.4 Å². The molecule has 9 rings (SSSR count). The van der Waals surface area contributed by atoms with Crippen molar-refractivity contribution in [3.05, 3.63) is 145 Å². The predicted octanol–water partition coefficient (Wildman–Crippen LogP) is 9.20. The van der Waals surface area contributed by atoms with Gasteiger partial charge in [0.2, 0.25) is 12.2 Å². The highest BCUT2D eigenvalue weighted by atomic mass is 15.4. The van der Waals surface area contributed by atoms with Crippen LogP contribution < -0.4 is 15.1 Å². The van der Waals surface area contributed by atoms with E-state index in [4.69, 9.17) is 15.0 Å². The second-order valence-corrected chi connectivity index (χ2v) is 11.0. The lowest BCUT2D eigenvalue weighted by Crippen LogP contribution is -2.41. The Balaban J connectivity index is 1.16. The average Bonchev–Trinajstić information content (AvgIpc) is 3.09. The van der Waals surface area contributed by atoms with Crippen molar-refractivity contribution in [2.75, 3.05) is 15.1 Å². The van der Waals surface area contributed by atoms with Gasteiger partial charge in [-0.2, -0.15) is 0 Å². The molecule has 6 heteroatoms. The lowest BCUT2D eigenvalue weighted by molar-refractivity contribution is 0.761. The van der Waals surface area contributed by atoms with Crippen LogP contribution in [0.2, 0.25) is 0 Å². The fourth-order valence-corrected chi connectivity index (χ4v) is 6.50. The minimum Gasteiger partial charge on any atom is -0.346 e. The Labute approximate surface area is 254 Å². The third-order valence-corrected chi connectivity index (χ3v) is 8.50. The van der Waals surface area contributed by atoms with Gasteiger partial charge in [0.25, 0.3) is 0 Å². The maximum atomic E-state index is 5.14. The largest absolute Gasteiger partial charge is 0.346 e.